The second kappa shape index (κ2) is 4.61. The van der Waals surface area contributed by atoms with E-state index in [0.717, 1.165) is 18.5 Å². The Morgan fingerprint density at radius 3 is 3.19 bits per heavy atom. The zero-order valence-corrected chi connectivity index (χ0v) is 8.82. The molecule has 0 spiro atoms. The largest absolute Gasteiger partial charge is 0.480 e. The summed E-state index contributed by atoms with van der Waals surface area (Å²) < 4.78 is 12.9. The van der Waals surface area contributed by atoms with Crippen molar-refractivity contribution in [1.82, 2.24) is 4.90 Å². The lowest BCUT2D eigenvalue weighted by molar-refractivity contribution is -0.142. The fourth-order valence-corrected chi connectivity index (χ4v) is 2.11. The summed E-state index contributed by atoms with van der Waals surface area (Å²) >= 11 is 0. The first-order valence-electron chi connectivity index (χ1n) is 5.30. The first-order valence-corrected chi connectivity index (χ1v) is 5.30. The van der Waals surface area contributed by atoms with Crippen molar-refractivity contribution in [1.29, 1.82) is 0 Å². The van der Waals surface area contributed by atoms with E-state index in [1.165, 1.54) is 12.1 Å². The molecule has 1 aromatic rings. The minimum absolute atomic E-state index is 0.399. The number of carboxylic acids is 1. The zero-order valence-electron chi connectivity index (χ0n) is 8.82. The highest BCUT2D eigenvalue weighted by molar-refractivity contribution is 5.73. The van der Waals surface area contributed by atoms with Crippen molar-refractivity contribution in [2.45, 2.75) is 25.4 Å². The topological polar surface area (TPSA) is 40.5 Å². The quantitative estimate of drug-likeness (QED) is 0.845. The van der Waals surface area contributed by atoms with Crippen molar-refractivity contribution in [2.75, 3.05) is 6.54 Å². The molecule has 1 fully saturated rings. The molecule has 1 atom stereocenters. The molecule has 1 heterocycles. The van der Waals surface area contributed by atoms with E-state index in [4.69, 9.17) is 5.11 Å². The number of aliphatic carboxylic acids is 1. The number of nitrogens with zero attached hydrogens (tertiary/aromatic N) is 1. The van der Waals surface area contributed by atoms with Gasteiger partial charge >= 0.3 is 5.97 Å². The Bertz CT molecular complexity index is 394. The van der Waals surface area contributed by atoms with Crippen LogP contribution in [0.2, 0.25) is 0 Å². The number of carboxylic acid groups (broad SMARTS) is 1. The maximum Gasteiger partial charge on any atom is 0.320 e. The summed E-state index contributed by atoms with van der Waals surface area (Å²) in [6.45, 7) is 1.25. The first kappa shape index (κ1) is 11.1. The van der Waals surface area contributed by atoms with Gasteiger partial charge in [-0.3, -0.25) is 9.69 Å². The molecule has 1 unspecified atom stereocenters. The zero-order chi connectivity index (χ0) is 11.5. The third kappa shape index (κ3) is 2.39. The predicted octanol–water partition coefficient (Wildman–Crippen LogP) is 1.67. The summed E-state index contributed by atoms with van der Waals surface area (Å²) in [6.07, 6.45) is 1.56. The number of hydrogen-bond donors (Lipinski definition) is 1. The molecule has 2 rings (SSSR count). The van der Waals surface area contributed by atoms with Crippen LogP contribution in [0.3, 0.4) is 0 Å². The number of likely N-dealkylation sites (tertiary alicyclic amines) is 1. The number of rotatable bonds is 3. The molecule has 1 aliphatic rings. The van der Waals surface area contributed by atoms with Crippen LogP contribution in [0.25, 0.3) is 0 Å². The Morgan fingerprint density at radius 1 is 1.69 bits per heavy atom. The van der Waals surface area contributed by atoms with Crippen molar-refractivity contribution < 1.29 is 14.3 Å². The van der Waals surface area contributed by atoms with Gasteiger partial charge in [0.1, 0.15) is 11.9 Å². The SMILES string of the molecule is O=C(O)C1CCCN1Cc1cc[c]c(F)c1. The van der Waals surface area contributed by atoms with Crippen molar-refractivity contribution in [3.8, 4) is 0 Å². The van der Waals surface area contributed by atoms with E-state index in [1.807, 2.05) is 4.90 Å². The second-order valence-electron chi connectivity index (χ2n) is 4.01. The standard InChI is InChI=1S/C12H13FNO2/c13-10-4-1-3-9(7-10)8-14-6-2-5-11(14)12(15)16/h1,3,7,11H,2,5-6,8H2,(H,15,16). The average Bonchev–Trinajstić information content (AvgIpc) is 2.66. The lowest BCUT2D eigenvalue weighted by Crippen LogP contribution is -2.35. The van der Waals surface area contributed by atoms with E-state index in [0.29, 0.717) is 13.0 Å². The molecule has 1 radical (unpaired) electrons. The molecular formula is C12H13FNO2. The molecular weight excluding hydrogens is 209 g/mol. The van der Waals surface area contributed by atoms with Crippen LogP contribution in [0, 0.1) is 11.9 Å². The van der Waals surface area contributed by atoms with Gasteiger partial charge in [0, 0.05) is 12.6 Å². The van der Waals surface area contributed by atoms with E-state index in [1.54, 1.807) is 6.07 Å². The summed E-state index contributed by atoms with van der Waals surface area (Å²) in [7, 11) is 0. The van der Waals surface area contributed by atoms with Crippen LogP contribution in [-0.2, 0) is 11.3 Å². The number of carbonyl (C=O) groups is 1. The normalized spacial score (nSPS) is 21.2. The van der Waals surface area contributed by atoms with Crippen molar-refractivity contribution in [3.05, 3.63) is 35.6 Å². The Hall–Kier alpha value is -1.42. The van der Waals surface area contributed by atoms with Crippen LogP contribution in [0.1, 0.15) is 18.4 Å². The van der Waals surface area contributed by atoms with Gasteiger partial charge in [0.05, 0.1) is 0 Å². The number of halogens is 1. The number of benzene rings is 1. The van der Waals surface area contributed by atoms with Gasteiger partial charge < -0.3 is 5.11 Å². The summed E-state index contributed by atoms with van der Waals surface area (Å²) in [5.41, 5.74) is 0.796. The minimum Gasteiger partial charge on any atom is -0.480 e. The van der Waals surface area contributed by atoms with Gasteiger partial charge in [-0.15, -0.1) is 0 Å². The van der Waals surface area contributed by atoms with Gasteiger partial charge in [0.2, 0.25) is 0 Å². The summed E-state index contributed by atoms with van der Waals surface area (Å²) in [6, 6.07) is 6.69. The van der Waals surface area contributed by atoms with Gasteiger partial charge in [-0.25, -0.2) is 4.39 Å². The highest BCUT2D eigenvalue weighted by Crippen LogP contribution is 2.20. The van der Waals surface area contributed by atoms with Gasteiger partial charge in [-0.2, -0.15) is 0 Å². The third-order valence-corrected chi connectivity index (χ3v) is 2.87. The monoisotopic (exact) mass is 222 g/mol. The van der Waals surface area contributed by atoms with E-state index in [-0.39, 0.29) is 0 Å². The molecule has 4 heteroatoms. The molecule has 0 amide bonds. The molecule has 0 saturated carbocycles. The molecule has 85 valence electrons. The minimum atomic E-state index is -0.791. The predicted molar refractivity (Wildman–Crippen MR) is 56.3 cm³/mol. The first-order chi connectivity index (χ1) is 7.66. The molecule has 0 aromatic heterocycles. The average molecular weight is 222 g/mol. The lowest BCUT2D eigenvalue weighted by Gasteiger charge is -2.20. The van der Waals surface area contributed by atoms with E-state index in [9.17, 15) is 9.18 Å². The van der Waals surface area contributed by atoms with Crippen LogP contribution >= 0.6 is 0 Å². The Balaban J connectivity index is 2.06. The summed E-state index contributed by atoms with van der Waals surface area (Å²) in [5, 5.41) is 8.99. The fraction of sp³-hybridized carbons (Fsp3) is 0.417. The summed E-state index contributed by atoms with van der Waals surface area (Å²) in [5.74, 6) is -1.19. The molecule has 1 saturated heterocycles. The van der Waals surface area contributed by atoms with Crippen LogP contribution in [0.15, 0.2) is 18.2 Å². The molecule has 1 aromatic carbocycles. The molecule has 0 bridgehead atoms. The molecule has 3 nitrogen and oxygen atoms in total. The van der Waals surface area contributed by atoms with Crippen molar-refractivity contribution in [2.24, 2.45) is 0 Å². The maximum atomic E-state index is 12.9. The Kier molecular flexibility index (Phi) is 3.19. The maximum absolute atomic E-state index is 12.9. The number of hydrogen-bond acceptors (Lipinski definition) is 2. The molecule has 1 aliphatic heterocycles. The van der Waals surface area contributed by atoms with Crippen LogP contribution in [0.4, 0.5) is 4.39 Å². The van der Waals surface area contributed by atoms with Gasteiger partial charge in [-0.1, -0.05) is 12.1 Å². The van der Waals surface area contributed by atoms with E-state index < -0.39 is 17.8 Å². The fourth-order valence-electron chi connectivity index (χ4n) is 2.11. The second-order valence-corrected chi connectivity index (χ2v) is 4.01. The Labute approximate surface area is 93.5 Å². The highest BCUT2D eigenvalue weighted by Gasteiger charge is 2.30. The third-order valence-electron chi connectivity index (χ3n) is 2.87. The highest BCUT2D eigenvalue weighted by atomic mass is 19.1. The van der Waals surface area contributed by atoms with Crippen LogP contribution in [0.5, 0.6) is 0 Å². The van der Waals surface area contributed by atoms with E-state index in [2.05, 4.69) is 6.07 Å². The van der Waals surface area contributed by atoms with Gasteiger partial charge in [0.15, 0.2) is 0 Å². The summed E-state index contributed by atoms with van der Waals surface area (Å²) in [4.78, 5) is 12.8. The van der Waals surface area contributed by atoms with Crippen molar-refractivity contribution in [3.63, 3.8) is 0 Å². The van der Waals surface area contributed by atoms with Gasteiger partial charge in [0.25, 0.3) is 0 Å². The van der Waals surface area contributed by atoms with Gasteiger partial charge in [-0.05, 0) is 31.0 Å². The molecule has 16 heavy (non-hydrogen) atoms. The Morgan fingerprint density at radius 2 is 2.50 bits per heavy atom. The molecule has 1 N–H and O–H groups in total. The van der Waals surface area contributed by atoms with Crippen LogP contribution < -0.4 is 0 Å². The lowest BCUT2D eigenvalue weighted by atomic mass is 10.2. The van der Waals surface area contributed by atoms with E-state index >= 15 is 0 Å². The van der Waals surface area contributed by atoms with Crippen molar-refractivity contribution >= 4 is 5.97 Å². The smallest absolute Gasteiger partial charge is 0.320 e. The molecule has 0 aliphatic carbocycles. The van der Waals surface area contributed by atoms with Crippen LogP contribution in [-0.4, -0.2) is 28.6 Å².